The third-order valence-electron chi connectivity index (χ3n) is 3.04. The zero-order chi connectivity index (χ0) is 13.4. The molecule has 100 valence electrons. The summed E-state index contributed by atoms with van der Waals surface area (Å²) in [6.07, 6.45) is 4.69. The van der Waals surface area contributed by atoms with E-state index in [1.165, 1.54) is 25.7 Å². The Labute approximate surface area is 109 Å². The summed E-state index contributed by atoms with van der Waals surface area (Å²) in [4.78, 5) is 13.2. The molecule has 0 aliphatic carbocycles. The number of unbranched alkanes of at least 4 members (excludes halogenated alkanes) is 2. The molecular formula is C15H23NO2. The average molecular weight is 249 g/mol. The van der Waals surface area contributed by atoms with Gasteiger partial charge in [0, 0.05) is 18.8 Å². The molecule has 3 heteroatoms. The minimum Gasteiger partial charge on any atom is -0.478 e. The Morgan fingerprint density at radius 2 is 1.56 bits per heavy atom. The maximum atomic E-state index is 10.8. The van der Waals surface area contributed by atoms with E-state index in [4.69, 9.17) is 5.11 Å². The summed E-state index contributed by atoms with van der Waals surface area (Å²) >= 11 is 0. The van der Waals surface area contributed by atoms with Crippen molar-refractivity contribution < 1.29 is 9.90 Å². The second-order valence-electron chi connectivity index (χ2n) is 4.55. The van der Waals surface area contributed by atoms with Gasteiger partial charge in [0.1, 0.15) is 0 Å². The fraction of sp³-hybridized carbons (Fsp3) is 0.533. The van der Waals surface area contributed by atoms with Gasteiger partial charge in [0.05, 0.1) is 5.56 Å². The predicted octanol–water partition coefficient (Wildman–Crippen LogP) is 3.79. The summed E-state index contributed by atoms with van der Waals surface area (Å²) in [5.41, 5.74) is 1.48. The lowest BCUT2D eigenvalue weighted by atomic mass is 10.1. The third kappa shape index (κ3) is 4.40. The van der Waals surface area contributed by atoms with Crippen LogP contribution in [0, 0.1) is 0 Å². The zero-order valence-corrected chi connectivity index (χ0v) is 11.4. The number of rotatable bonds is 8. The van der Waals surface area contributed by atoms with Gasteiger partial charge < -0.3 is 10.0 Å². The first-order valence-corrected chi connectivity index (χ1v) is 6.77. The molecule has 0 bridgehead atoms. The molecular weight excluding hydrogens is 226 g/mol. The molecule has 0 saturated carbocycles. The van der Waals surface area contributed by atoms with E-state index < -0.39 is 5.97 Å². The highest BCUT2D eigenvalue weighted by Gasteiger charge is 2.07. The molecule has 0 aliphatic rings. The van der Waals surface area contributed by atoms with E-state index in [9.17, 15) is 4.79 Å². The highest BCUT2D eigenvalue weighted by molar-refractivity contribution is 5.88. The summed E-state index contributed by atoms with van der Waals surface area (Å²) in [5, 5.41) is 8.88. The van der Waals surface area contributed by atoms with Gasteiger partial charge in [-0.2, -0.15) is 0 Å². The average Bonchev–Trinajstić information content (AvgIpc) is 2.39. The first-order chi connectivity index (χ1) is 8.69. The summed E-state index contributed by atoms with van der Waals surface area (Å²) in [6, 6.07) is 7.19. The molecule has 1 aromatic rings. The second-order valence-corrected chi connectivity index (χ2v) is 4.55. The van der Waals surface area contributed by atoms with Crippen molar-refractivity contribution >= 4 is 11.7 Å². The topological polar surface area (TPSA) is 40.5 Å². The van der Waals surface area contributed by atoms with Gasteiger partial charge in [-0.15, -0.1) is 0 Å². The molecule has 0 fully saturated rings. The molecule has 1 rings (SSSR count). The van der Waals surface area contributed by atoms with Crippen LogP contribution >= 0.6 is 0 Å². The normalized spacial score (nSPS) is 10.3. The number of carbonyl (C=O) groups is 1. The van der Waals surface area contributed by atoms with Gasteiger partial charge in [-0.25, -0.2) is 4.79 Å². The van der Waals surface area contributed by atoms with E-state index in [1.807, 2.05) is 12.1 Å². The Morgan fingerprint density at radius 1 is 1.06 bits per heavy atom. The third-order valence-corrected chi connectivity index (χ3v) is 3.04. The van der Waals surface area contributed by atoms with Crippen molar-refractivity contribution in [2.45, 2.75) is 39.5 Å². The number of aromatic carboxylic acids is 1. The molecule has 0 heterocycles. The predicted molar refractivity (Wildman–Crippen MR) is 75.4 cm³/mol. The van der Waals surface area contributed by atoms with Crippen molar-refractivity contribution in [1.29, 1.82) is 0 Å². The summed E-state index contributed by atoms with van der Waals surface area (Å²) in [5.74, 6) is -0.866. The quantitative estimate of drug-likeness (QED) is 0.762. The van der Waals surface area contributed by atoms with Crippen molar-refractivity contribution in [2.75, 3.05) is 18.0 Å². The van der Waals surface area contributed by atoms with Crippen LogP contribution in [-0.4, -0.2) is 24.2 Å². The van der Waals surface area contributed by atoms with Crippen molar-refractivity contribution in [2.24, 2.45) is 0 Å². The van der Waals surface area contributed by atoms with Gasteiger partial charge in [0.25, 0.3) is 0 Å². The molecule has 0 aromatic heterocycles. The molecule has 0 aliphatic heterocycles. The lowest BCUT2D eigenvalue weighted by molar-refractivity contribution is 0.0697. The van der Waals surface area contributed by atoms with Crippen LogP contribution in [0.5, 0.6) is 0 Å². The highest BCUT2D eigenvalue weighted by Crippen LogP contribution is 2.17. The van der Waals surface area contributed by atoms with E-state index in [2.05, 4.69) is 18.7 Å². The molecule has 3 nitrogen and oxygen atoms in total. The van der Waals surface area contributed by atoms with Crippen LogP contribution in [0.1, 0.15) is 49.9 Å². The lowest BCUT2D eigenvalue weighted by Gasteiger charge is -2.24. The minimum atomic E-state index is -0.866. The number of carboxylic acids is 1. The van der Waals surface area contributed by atoms with E-state index in [0.717, 1.165) is 18.8 Å². The summed E-state index contributed by atoms with van der Waals surface area (Å²) in [7, 11) is 0. The molecule has 0 spiro atoms. The number of benzene rings is 1. The van der Waals surface area contributed by atoms with E-state index in [-0.39, 0.29) is 0 Å². The van der Waals surface area contributed by atoms with Crippen LogP contribution in [-0.2, 0) is 0 Å². The fourth-order valence-corrected chi connectivity index (χ4v) is 1.88. The van der Waals surface area contributed by atoms with Crippen molar-refractivity contribution in [3.05, 3.63) is 29.8 Å². The van der Waals surface area contributed by atoms with Crippen LogP contribution in [0.2, 0.25) is 0 Å². The monoisotopic (exact) mass is 249 g/mol. The Kier molecular flexibility index (Phi) is 6.26. The maximum absolute atomic E-state index is 10.8. The van der Waals surface area contributed by atoms with Gasteiger partial charge in [0.15, 0.2) is 0 Å². The summed E-state index contributed by atoms with van der Waals surface area (Å²) < 4.78 is 0. The van der Waals surface area contributed by atoms with Gasteiger partial charge >= 0.3 is 5.97 Å². The fourth-order valence-electron chi connectivity index (χ4n) is 1.88. The van der Waals surface area contributed by atoms with E-state index in [0.29, 0.717) is 5.56 Å². The Bertz CT molecular complexity index is 351. The lowest BCUT2D eigenvalue weighted by Crippen LogP contribution is -2.25. The molecule has 0 atom stereocenters. The van der Waals surface area contributed by atoms with E-state index >= 15 is 0 Å². The van der Waals surface area contributed by atoms with Gasteiger partial charge in [-0.3, -0.25) is 0 Å². The van der Waals surface area contributed by atoms with Gasteiger partial charge in [-0.1, -0.05) is 26.7 Å². The van der Waals surface area contributed by atoms with Crippen LogP contribution < -0.4 is 4.90 Å². The first kappa shape index (κ1) is 14.6. The Balaban J connectivity index is 2.73. The standard InChI is InChI=1S/C15H23NO2/c1-3-5-11-16(12-6-4-2)14-9-7-13(8-10-14)15(17)18/h7-10H,3-6,11-12H2,1-2H3,(H,17,18). The maximum Gasteiger partial charge on any atom is 0.335 e. The SMILES string of the molecule is CCCCN(CCCC)c1ccc(C(=O)O)cc1. The van der Waals surface area contributed by atoms with Crippen LogP contribution in [0.3, 0.4) is 0 Å². The van der Waals surface area contributed by atoms with Crippen molar-refractivity contribution in [3.63, 3.8) is 0 Å². The smallest absolute Gasteiger partial charge is 0.335 e. The van der Waals surface area contributed by atoms with Gasteiger partial charge in [-0.05, 0) is 37.1 Å². The van der Waals surface area contributed by atoms with Crippen LogP contribution in [0.4, 0.5) is 5.69 Å². The van der Waals surface area contributed by atoms with Crippen LogP contribution in [0.25, 0.3) is 0 Å². The number of anilines is 1. The molecule has 0 unspecified atom stereocenters. The van der Waals surface area contributed by atoms with Crippen LogP contribution in [0.15, 0.2) is 24.3 Å². The Hall–Kier alpha value is -1.51. The summed E-state index contributed by atoms with van der Waals surface area (Å²) in [6.45, 7) is 6.46. The molecule has 0 radical (unpaired) electrons. The molecule has 1 aromatic carbocycles. The molecule has 0 amide bonds. The van der Waals surface area contributed by atoms with Gasteiger partial charge in [0.2, 0.25) is 0 Å². The van der Waals surface area contributed by atoms with E-state index in [1.54, 1.807) is 12.1 Å². The van der Waals surface area contributed by atoms with Crippen molar-refractivity contribution in [1.82, 2.24) is 0 Å². The molecule has 18 heavy (non-hydrogen) atoms. The highest BCUT2D eigenvalue weighted by atomic mass is 16.4. The number of hydrogen-bond acceptors (Lipinski definition) is 2. The first-order valence-electron chi connectivity index (χ1n) is 6.77. The number of carboxylic acid groups (broad SMARTS) is 1. The zero-order valence-electron chi connectivity index (χ0n) is 11.4. The minimum absolute atomic E-state index is 0.352. The largest absolute Gasteiger partial charge is 0.478 e. The number of nitrogens with zero attached hydrogens (tertiary/aromatic N) is 1. The second kappa shape index (κ2) is 7.75. The molecule has 1 N–H and O–H groups in total. The Morgan fingerprint density at radius 3 is 1.94 bits per heavy atom. The number of hydrogen-bond donors (Lipinski definition) is 1. The van der Waals surface area contributed by atoms with Crippen molar-refractivity contribution in [3.8, 4) is 0 Å². The molecule has 0 saturated heterocycles.